The number of hydrogen-bond donors (Lipinski definition) is 33. The second-order valence-electron chi connectivity index (χ2n) is 35.2. The molecule has 1 unspecified atom stereocenters. The van der Waals surface area contributed by atoms with Crippen LogP contribution in [0.4, 0.5) is 0 Å². The minimum atomic E-state index is -2.70. The lowest BCUT2D eigenvalue weighted by atomic mass is 9.93. The van der Waals surface area contributed by atoms with Crippen molar-refractivity contribution in [3.05, 3.63) is 0 Å². The van der Waals surface area contributed by atoms with Gasteiger partial charge in [0.1, 0.15) is 256 Å². The lowest BCUT2D eigenvalue weighted by molar-refractivity contribution is -0.402. The molecule has 55 atom stereocenters. The van der Waals surface area contributed by atoms with Gasteiger partial charge in [0.05, 0.1) is 71.7 Å². The Balaban J connectivity index is 0.983. The molecule has 0 aliphatic carbocycles. The van der Waals surface area contributed by atoms with Crippen LogP contribution in [-0.2, 0) is 128 Å². The first-order chi connectivity index (χ1) is 65.2. The molecule has 60 nitrogen and oxygen atoms in total. The molecule has 0 aromatic carbocycles. The first kappa shape index (κ1) is 113. The van der Waals surface area contributed by atoms with E-state index in [1.54, 1.807) is 0 Å². The first-order valence-electron chi connectivity index (χ1n) is 44.3. The van der Waals surface area contributed by atoms with Crippen LogP contribution in [0.2, 0.25) is 0 Å². The Morgan fingerprint density at radius 3 is 0.833 bits per heavy atom. The van der Waals surface area contributed by atoms with E-state index in [0.29, 0.717) is 0 Å². The van der Waals surface area contributed by atoms with Gasteiger partial charge in [-0.15, -0.1) is 0 Å². The SMILES string of the molecule is CC(=O)N[C@H]1[C@H](O[C@H]2[C@H](O)[C@@H](NC(C)=O)C(O)O[C@@H]2CO)O[C@H](CO)[C@@H](O[C@@H]2O[C@H](CO[C@H]3O[C@H](CO)[C@@H](O)[C@H](O)[C@@H]3O[C@@H]3O[C@H](CO)[C@@H](O[C@@H]4O[C@H](CO)[C@H](O)[C@H](O)[C@H]4NC(C)=O)[C@H](O[C@@H]4O[C@@H](C)[C@@H](O)[C@@H](O)[C@@H]4O)[C@H]3NC(C)=O)[C@@H](O)[C@H](O[C@H]3O[C@H](CO)[C@@H](O)[C@H](O)[C@@H]3O[C@@H]3O[C@H](CO)[C@@H](O[C@@H]4O[C@H](CO)[C@H](O)[C@H](O)[C@H]4NC(C)=O)[C@H](O[C@@H]4O[C@@H](C)[C@@H](O)[C@@H](O)[C@@H]4O)[C@H]3NC(C)=O)[C@@H]2O)[C@@H]1O. The molecule has 11 rings (SSSR count). The summed E-state index contributed by atoms with van der Waals surface area (Å²) in [5, 5.41) is 322. The van der Waals surface area contributed by atoms with Gasteiger partial charge in [-0.1, -0.05) is 0 Å². The third kappa shape index (κ3) is 25.2. The Kier molecular flexibility index (Phi) is 40.5. The van der Waals surface area contributed by atoms with Crippen LogP contribution in [-0.4, -0.2) is 570 Å². The van der Waals surface area contributed by atoms with Gasteiger partial charge in [0.2, 0.25) is 35.4 Å². The van der Waals surface area contributed by atoms with Crippen LogP contribution in [0, 0.1) is 0 Å². The average Bonchev–Trinajstić information content (AvgIpc) is 0.762. The van der Waals surface area contributed by atoms with Crippen LogP contribution in [0.3, 0.4) is 0 Å². The molecule has 0 bridgehead atoms. The highest BCUT2D eigenvalue weighted by atomic mass is 16.8. The number of aliphatic hydroxyl groups excluding tert-OH is 27. The van der Waals surface area contributed by atoms with Gasteiger partial charge in [0.15, 0.2) is 69.2 Å². The summed E-state index contributed by atoms with van der Waals surface area (Å²) in [5.41, 5.74) is 0. The summed E-state index contributed by atoms with van der Waals surface area (Å²) < 4.78 is 129. The van der Waals surface area contributed by atoms with Crippen molar-refractivity contribution in [3.8, 4) is 0 Å². The molecule has 0 aromatic heterocycles. The zero-order valence-corrected chi connectivity index (χ0v) is 75.2. The van der Waals surface area contributed by atoms with Crippen molar-refractivity contribution in [2.75, 3.05) is 59.5 Å². The number of nitrogens with one attached hydrogen (secondary N) is 6. The fourth-order valence-electron chi connectivity index (χ4n) is 18.1. The number of rotatable bonds is 35. The molecule has 0 aromatic rings. The maximum absolute atomic E-state index is 13.7. The van der Waals surface area contributed by atoms with E-state index in [0.717, 1.165) is 41.5 Å². The zero-order chi connectivity index (χ0) is 102. The predicted molar refractivity (Wildman–Crippen MR) is 429 cm³/mol. The molecular weight excluding hydrogens is 1880 g/mol. The number of hydrogen-bond acceptors (Lipinski definition) is 54. The van der Waals surface area contributed by atoms with Gasteiger partial charge in [-0.3, -0.25) is 28.8 Å². The van der Waals surface area contributed by atoms with E-state index in [-0.39, 0.29) is 0 Å². The monoisotopic (exact) mass is 2010 g/mol. The highest BCUT2D eigenvalue weighted by Gasteiger charge is 2.64. The quantitative estimate of drug-likeness (QED) is 0.0280. The Morgan fingerprint density at radius 1 is 0.203 bits per heavy atom. The number of ether oxygens (including phenoxy) is 21. The Labute approximate surface area is 783 Å². The van der Waals surface area contributed by atoms with Crippen molar-refractivity contribution >= 4 is 35.4 Å². The van der Waals surface area contributed by atoms with Gasteiger partial charge >= 0.3 is 0 Å². The van der Waals surface area contributed by atoms with Crippen LogP contribution in [0.1, 0.15) is 55.4 Å². The van der Waals surface area contributed by atoms with Crippen molar-refractivity contribution in [2.24, 2.45) is 0 Å². The summed E-state index contributed by atoms with van der Waals surface area (Å²) >= 11 is 0. The van der Waals surface area contributed by atoms with Crippen molar-refractivity contribution in [3.63, 3.8) is 0 Å². The summed E-state index contributed by atoms with van der Waals surface area (Å²) in [5.74, 6) is -5.65. The zero-order valence-electron chi connectivity index (χ0n) is 75.2. The summed E-state index contributed by atoms with van der Waals surface area (Å²) in [6, 6.07) is -11.5. The molecule has 11 aliphatic rings. The highest BCUT2D eigenvalue weighted by molar-refractivity contribution is 5.75. The van der Waals surface area contributed by atoms with E-state index in [1.165, 1.54) is 13.8 Å². The number of amides is 6. The lowest BCUT2D eigenvalue weighted by Crippen LogP contribution is -2.72. The highest BCUT2D eigenvalue weighted by Crippen LogP contribution is 2.43. The molecule has 0 spiro atoms. The summed E-state index contributed by atoms with van der Waals surface area (Å²) in [6.45, 7) is -2.57. The third-order valence-corrected chi connectivity index (χ3v) is 25.3. The van der Waals surface area contributed by atoms with Crippen molar-refractivity contribution in [1.29, 1.82) is 0 Å². The van der Waals surface area contributed by atoms with Gasteiger partial charge in [0.25, 0.3) is 0 Å². The maximum Gasteiger partial charge on any atom is 0.217 e. The maximum atomic E-state index is 13.7. The van der Waals surface area contributed by atoms with E-state index in [9.17, 15) is 167 Å². The molecule has 33 N–H and O–H groups in total. The van der Waals surface area contributed by atoms with Crippen molar-refractivity contribution in [2.45, 2.75) is 393 Å². The topological polar surface area (TPSA) is 915 Å². The predicted octanol–water partition coefficient (Wildman–Crippen LogP) is -22.1. The van der Waals surface area contributed by atoms with Crippen LogP contribution in [0.15, 0.2) is 0 Å². The van der Waals surface area contributed by atoms with Gasteiger partial charge in [0, 0.05) is 41.5 Å². The van der Waals surface area contributed by atoms with E-state index in [2.05, 4.69) is 31.9 Å². The third-order valence-electron chi connectivity index (χ3n) is 25.3. The molecule has 60 heteroatoms. The number of aliphatic hydroxyl groups is 27. The standard InChI is InChI=1S/C78H130N6O54/c1-18-41(99)52(110)56(114)74(119-18)134-63-39(83-24(7)97)72(127-32(15-91)61(63)132-69-36(80-21(4)94)48(106)43(101)26(9-85)122-69)137-66-54(112)45(103)28(11-87)124-77(66)118-17-34-47(105)65(58(116)76(129-34)131-60-31(14-90)126-71(38(51(60)109)82-23(6)96)130-59-30(13-89)121-68(117)35(50(59)108)79-20(3)93)136-78-67(55(113)46(104)29(12-88)125-78)138-73-40(84-25(8)98)64(135-75-57(115)53(111)42(100)19(2)120-75)62(33(16-92)128-73)133-70-37(81-22(5)95)49(107)44(102)27(10-86)123-70/h18-19,26-78,85-92,99-117H,9-17H2,1-8H3,(H,79,93)(H,80,94)(H,81,95)(H,82,96)(H,83,97)(H,84,98)/t18-,19-,26+,27+,28+,29+,30+,31+,32+,33+,34+,35+,36+,37+,38+,39+,40+,41+,42+,43-,44-,45+,46+,47+,48+,49+,50+,51+,52+,53+,54-,55-,56-,57-,58-,59+,60+,61+,62+,63+,64+,65-,66-,67-,68?,69-,70-,71-,72-,73-,74-,75-,76-,77-,78+/m0/s1. The molecule has 6 amide bonds. The van der Waals surface area contributed by atoms with Crippen LogP contribution >= 0.6 is 0 Å². The average molecular weight is 2020 g/mol. The molecule has 0 radical (unpaired) electrons. The molecule has 796 valence electrons. The van der Waals surface area contributed by atoms with Gasteiger partial charge in [-0.2, -0.15) is 0 Å². The smallest absolute Gasteiger partial charge is 0.217 e. The van der Waals surface area contributed by atoms with E-state index in [4.69, 9.17) is 99.5 Å². The minimum Gasteiger partial charge on any atom is -0.394 e. The minimum absolute atomic E-state index is 0.821. The molecule has 11 heterocycles. The number of carbonyl (C=O) groups is 6. The fourth-order valence-corrected chi connectivity index (χ4v) is 18.1. The summed E-state index contributed by atoms with van der Waals surface area (Å²) in [6.07, 6.45) is -104. The van der Waals surface area contributed by atoms with E-state index < -0.39 is 432 Å². The number of carbonyl (C=O) groups excluding carboxylic acids is 6. The van der Waals surface area contributed by atoms with Crippen LogP contribution in [0.25, 0.3) is 0 Å². The van der Waals surface area contributed by atoms with Crippen molar-refractivity contribution in [1.82, 2.24) is 31.9 Å². The normalized spacial score (nSPS) is 48.6. The second kappa shape index (κ2) is 49.4. The van der Waals surface area contributed by atoms with Gasteiger partial charge < -0.3 is 269 Å². The van der Waals surface area contributed by atoms with Gasteiger partial charge in [-0.25, -0.2) is 0 Å². The molecule has 0 saturated carbocycles. The Bertz CT molecular complexity index is 3880. The fraction of sp³-hybridized carbons (Fsp3) is 0.923. The lowest BCUT2D eigenvalue weighted by Gasteiger charge is -2.52. The Hall–Kier alpha value is -5.10. The van der Waals surface area contributed by atoms with Crippen molar-refractivity contribution < 1.29 is 266 Å². The molecule has 11 saturated heterocycles. The second-order valence-corrected chi connectivity index (χ2v) is 35.2. The molecule has 11 aliphatic heterocycles. The molecular formula is C78H130N6O54. The molecule has 11 fully saturated rings. The summed E-state index contributed by atoms with van der Waals surface area (Å²) in [7, 11) is 0. The summed E-state index contributed by atoms with van der Waals surface area (Å²) in [4.78, 5) is 78.4. The Morgan fingerprint density at radius 2 is 0.457 bits per heavy atom. The van der Waals surface area contributed by atoms with Gasteiger partial charge in [-0.05, 0) is 13.8 Å². The van der Waals surface area contributed by atoms with E-state index >= 15 is 0 Å². The van der Waals surface area contributed by atoms with E-state index in [1.807, 2.05) is 0 Å². The first-order valence-corrected chi connectivity index (χ1v) is 44.3. The largest absolute Gasteiger partial charge is 0.394 e. The van der Waals surface area contributed by atoms with Crippen LogP contribution < -0.4 is 31.9 Å². The molecule has 138 heavy (non-hydrogen) atoms. The van der Waals surface area contributed by atoms with Crippen LogP contribution in [0.5, 0.6) is 0 Å².